The third kappa shape index (κ3) is 5.85. The molecule has 1 aliphatic rings. The molecule has 37 heavy (non-hydrogen) atoms. The first-order valence-corrected chi connectivity index (χ1v) is 12.9. The number of benzene rings is 3. The Labute approximate surface area is 229 Å². The van der Waals surface area contributed by atoms with E-state index in [1.165, 1.54) is 11.6 Å². The number of imide groups is 2. The Morgan fingerprint density at radius 3 is 2.30 bits per heavy atom. The molecule has 3 aromatic rings. The Bertz CT molecular complexity index is 1410. The molecule has 1 saturated heterocycles. The molecular weight excluding hydrogens is 583 g/mol. The van der Waals surface area contributed by atoms with Crippen LogP contribution in [-0.4, -0.2) is 24.5 Å². The third-order valence-corrected chi connectivity index (χ3v) is 6.64. The quantitative estimate of drug-likeness (QED) is 0.206. The minimum atomic E-state index is -0.774. The second-order valence-corrected chi connectivity index (χ2v) is 9.95. The number of ether oxygens (including phenoxy) is 2. The van der Waals surface area contributed by atoms with Crippen molar-refractivity contribution in [2.24, 2.45) is 0 Å². The van der Waals surface area contributed by atoms with E-state index in [1.807, 2.05) is 64.1 Å². The second-order valence-electron chi connectivity index (χ2n) is 8.79. The summed E-state index contributed by atoms with van der Waals surface area (Å²) in [7, 11) is 0. The second kappa shape index (κ2) is 11.2. The first kappa shape index (κ1) is 26.4. The van der Waals surface area contributed by atoms with Crippen molar-refractivity contribution in [3.63, 3.8) is 0 Å². The molecule has 0 spiro atoms. The Morgan fingerprint density at radius 2 is 1.62 bits per heavy atom. The zero-order valence-electron chi connectivity index (χ0n) is 21.1. The molecule has 1 fully saturated rings. The summed E-state index contributed by atoms with van der Waals surface area (Å²) in [5.41, 5.74) is 4.80. The van der Waals surface area contributed by atoms with Crippen molar-refractivity contribution in [2.45, 2.75) is 34.3 Å². The van der Waals surface area contributed by atoms with Crippen molar-refractivity contribution in [3.05, 3.63) is 91.6 Å². The summed E-state index contributed by atoms with van der Waals surface area (Å²) in [4.78, 5) is 39.6. The molecule has 7 nitrogen and oxygen atoms in total. The third-order valence-electron chi connectivity index (χ3n) is 5.84. The maximum Gasteiger partial charge on any atom is 0.335 e. The Morgan fingerprint density at radius 1 is 0.919 bits per heavy atom. The number of nitrogens with zero attached hydrogens (tertiary/aromatic N) is 1. The van der Waals surface area contributed by atoms with Gasteiger partial charge in [-0.1, -0.05) is 47.5 Å². The Balaban J connectivity index is 1.67. The molecule has 0 saturated carbocycles. The van der Waals surface area contributed by atoms with Gasteiger partial charge < -0.3 is 9.47 Å². The summed E-state index contributed by atoms with van der Waals surface area (Å²) in [5.74, 6) is -0.354. The molecule has 190 valence electrons. The molecule has 0 radical (unpaired) electrons. The molecule has 1 aliphatic heterocycles. The topological polar surface area (TPSA) is 84.9 Å². The van der Waals surface area contributed by atoms with Crippen LogP contribution in [0.5, 0.6) is 11.5 Å². The van der Waals surface area contributed by atoms with E-state index < -0.39 is 17.8 Å². The number of urea groups is 1. The zero-order chi connectivity index (χ0) is 26.7. The Kier molecular flexibility index (Phi) is 7.97. The molecule has 0 unspecified atom stereocenters. The molecule has 1 N–H and O–H groups in total. The highest BCUT2D eigenvalue weighted by molar-refractivity contribution is 14.1. The number of aryl methyl sites for hydroxylation is 3. The highest BCUT2D eigenvalue weighted by atomic mass is 127. The van der Waals surface area contributed by atoms with Crippen LogP contribution in [0.4, 0.5) is 10.5 Å². The molecule has 0 atom stereocenters. The van der Waals surface area contributed by atoms with Crippen molar-refractivity contribution < 1.29 is 23.9 Å². The van der Waals surface area contributed by atoms with E-state index in [2.05, 4.69) is 27.9 Å². The minimum Gasteiger partial charge on any atom is -0.490 e. The maximum absolute atomic E-state index is 13.4. The van der Waals surface area contributed by atoms with E-state index in [0.717, 1.165) is 25.2 Å². The number of carbonyl (C=O) groups is 3. The average Bonchev–Trinajstić information content (AvgIpc) is 2.84. The van der Waals surface area contributed by atoms with Crippen LogP contribution in [0.2, 0.25) is 0 Å². The van der Waals surface area contributed by atoms with Crippen LogP contribution in [0, 0.1) is 24.3 Å². The number of halogens is 1. The van der Waals surface area contributed by atoms with Crippen LogP contribution in [0.25, 0.3) is 6.08 Å². The van der Waals surface area contributed by atoms with E-state index in [4.69, 9.17) is 9.47 Å². The van der Waals surface area contributed by atoms with E-state index in [-0.39, 0.29) is 5.57 Å². The monoisotopic (exact) mass is 610 g/mol. The first-order valence-electron chi connectivity index (χ1n) is 11.8. The molecule has 0 aromatic heterocycles. The molecule has 4 rings (SSSR count). The number of amides is 4. The van der Waals surface area contributed by atoms with Crippen molar-refractivity contribution in [1.82, 2.24) is 5.32 Å². The van der Waals surface area contributed by atoms with Gasteiger partial charge in [-0.15, -0.1) is 0 Å². The fraction of sp³-hybridized carbons (Fsp3) is 0.207. The summed E-state index contributed by atoms with van der Waals surface area (Å²) in [6.45, 7) is 8.41. The lowest BCUT2D eigenvalue weighted by molar-refractivity contribution is -0.122. The van der Waals surface area contributed by atoms with Gasteiger partial charge in [0.2, 0.25) is 0 Å². The van der Waals surface area contributed by atoms with Crippen molar-refractivity contribution in [3.8, 4) is 11.5 Å². The molecule has 0 bridgehead atoms. The van der Waals surface area contributed by atoms with Crippen LogP contribution in [0.15, 0.2) is 60.2 Å². The van der Waals surface area contributed by atoms with Crippen LogP contribution in [0.3, 0.4) is 0 Å². The van der Waals surface area contributed by atoms with Gasteiger partial charge in [-0.2, -0.15) is 0 Å². The maximum atomic E-state index is 13.4. The van der Waals surface area contributed by atoms with Crippen LogP contribution < -0.4 is 19.7 Å². The van der Waals surface area contributed by atoms with Gasteiger partial charge in [0.15, 0.2) is 11.5 Å². The van der Waals surface area contributed by atoms with E-state index >= 15 is 0 Å². The van der Waals surface area contributed by atoms with Gasteiger partial charge in [-0.05, 0) is 91.3 Å². The van der Waals surface area contributed by atoms with Gasteiger partial charge in [-0.3, -0.25) is 14.9 Å². The number of nitrogens with one attached hydrogen (secondary N) is 1. The van der Waals surface area contributed by atoms with Crippen LogP contribution >= 0.6 is 22.6 Å². The van der Waals surface area contributed by atoms with E-state index in [0.29, 0.717) is 36.0 Å². The van der Waals surface area contributed by atoms with Gasteiger partial charge in [-0.25, -0.2) is 9.69 Å². The Hall–Kier alpha value is -3.66. The molecule has 8 heteroatoms. The number of barbiturate groups is 1. The lowest BCUT2D eigenvalue weighted by Gasteiger charge is -2.27. The van der Waals surface area contributed by atoms with Crippen LogP contribution in [0.1, 0.15) is 34.7 Å². The molecule has 4 amide bonds. The van der Waals surface area contributed by atoms with Crippen molar-refractivity contribution in [1.29, 1.82) is 0 Å². The van der Waals surface area contributed by atoms with Gasteiger partial charge in [0.05, 0.1) is 15.9 Å². The molecule has 1 heterocycles. The minimum absolute atomic E-state index is 0.147. The standard InChI is InChI=1S/C29H27IN2O5/c1-5-36-25-15-21(14-23(30)26(25)37-16-20-9-6-17(2)7-10-20)13-22-27(33)31-29(35)32(28(22)34)24-11-8-18(3)12-19(24)4/h6-15H,5,16H2,1-4H3,(H,31,33,35)/b22-13+. The average molecular weight is 610 g/mol. The van der Waals surface area contributed by atoms with Gasteiger partial charge in [0.1, 0.15) is 12.2 Å². The van der Waals surface area contributed by atoms with Gasteiger partial charge in [0.25, 0.3) is 11.8 Å². The molecule has 0 aliphatic carbocycles. The largest absolute Gasteiger partial charge is 0.490 e. The SMILES string of the molecule is CCOc1cc(/C=C2\C(=O)NC(=O)N(c3ccc(C)cc3C)C2=O)cc(I)c1OCc1ccc(C)cc1. The highest BCUT2D eigenvalue weighted by Gasteiger charge is 2.37. The van der Waals surface area contributed by atoms with Crippen molar-refractivity contribution >= 4 is 52.2 Å². The first-order chi connectivity index (χ1) is 17.7. The van der Waals surface area contributed by atoms with Crippen LogP contribution in [-0.2, 0) is 16.2 Å². The summed E-state index contributed by atoms with van der Waals surface area (Å²) >= 11 is 2.14. The van der Waals surface area contributed by atoms with E-state index in [1.54, 1.807) is 18.2 Å². The van der Waals surface area contributed by atoms with Gasteiger partial charge >= 0.3 is 6.03 Å². The van der Waals surface area contributed by atoms with Crippen molar-refractivity contribution in [2.75, 3.05) is 11.5 Å². The van der Waals surface area contributed by atoms with Gasteiger partial charge in [0, 0.05) is 0 Å². The fourth-order valence-electron chi connectivity index (χ4n) is 4.01. The number of rotatable bonds is 7. The molecule has 3 aromatic carbocycles. The lowest BCUT2D eigenvalue weighted by atomic mass is 10.0. The molecular formula is C29H27IN2O5. The summed E-state index contributed by atoms with van der Waals surface area (Å²) in [6.07, 6.45) is 1.47. The summed E-state index contributed by atoms with van der Waals surface area (Å²) < 4.78 is 12.7. The predicted molar refractivity (Wildman–Crippen MR) is 151 cm³/mol. The number of hydrogen-bond acceptors (Lipinski definition) is 5. The number of hydrogen-bond donors (Lipinski definition) is 1. The smallest absolute Gasteiger partial charge is 0.335 e. The zero-order valence-corrected chi connectivity index (χ0v) is 23.2. The summed E-state index contributed by atoms with van der Waals surface area (Å²) in [6, 6.07) is 16.2. The summed E-state index contributed by atoms with van der Waals surface area (Å²) in [5, 5.41) is 2.28. The number of anilines is 1. The highest BCUT2D eigenvalue weighted by Crippen LogP contribution is 2.36. The van der Waals surface area contributed by atoms with E-state index in [9.17, 15) is 14.4 Å². The predicted octanol–water partition coefficient (Wildman–Crippen LogP) is 5.86. The number of carbonyl (C=O) groups excluding carboxylic acids is 3. The lowest BCUT2D eigenvalue weighted by Crippen LogP contribution is -2.54. The fourth-order valence-corrected chi connectivity index (χ4v) is 4.79. The normalized spacial score (nSPS) is 14.7.